The molecule has 0 aliphatic carbocycles. The molecule has 0 radical (unpaired) electrons. The largest absolute Gasteiger partial charge is 0.481 e. The van der Waals surface area contributed by atoms with Gasteiger partial charge in [-0.05, 0) is 24.6 Å². The maximum atomic E-state index is 10.7. The van der Waals surface area contributed by atoms with E-state index in [1.807, 2.05) is 25.1 Å². The van der Waals surface area contributed by atoms with Gasteiger partial charge in [-0.3, -0.25) is 4.79 Å². The van der Waals surface area contributed by atoms with Crippen molar-refractivity contribution in [2.75, 3.05) is 18.0 Å². The molecule has 1 aliphatic heterocycles. The monoisotopic (exact) mass is 269 g/mol. The fourth-order valence-corrected chi connectivity index (χ4v) is 2.13. The van der Waals surface area contributed by atoms with Gasteiger partial charge < -0.3 is 10.0 Å². The second-order valence-electron chi connectivity index (χ2n) is 3.82. The van der Waals surface area contributed by atoms with Crippen LogP contribution in [-0.2, 0) is 4.79 Å². The first-order valence-corrected chi connectivity index (χ1v) is 5.61. The Kier molecular flexibility index (Phi) is 2.69. The first-order chi connectivity index (χ1) is 7.09. The molecule has 80 valence electrons. The van der Waals surface area contributed by atoms with Gasteiger partial charge in [0.05, 0.1) is 5.92 Å². The smallest absolute Gasteiger partial charge is 0.310 e. The quantitative estimate of drug-likeness (QED) is 0.896. The van der Waals surface area contributed by atoms with Crippen LogP contribution in [0.15, 0.2) is 22.7 Å². The van der Waals surface area contributed by atoms with Crippen LogP contribution in [0.5, 0.6) is 0 Å². The summed E-state index contributed by atoms with van der Waals surface area (Å²) in [5.41, 5.74) is 2.29. The van der Waals surface area contributed by atoms with E-state index in [1.165, 1.54) is 5.56 Å². The molecule has 1 N–H and O–H groups in total. The minimum absolute atomic E-state index is 0.205. The van der Waals surface area contributed by atoms with Gasteiger partial charge in [-0.2, -0.15) is 0 Å². The van der Waals surface area contributed by atoms with Gasteiger partial charge >= 0.3 is 5.97 Å². The summed E-state index contributed by atoms with van der Waals surface area (Å²) in [6.45, 7) is 3.27. The number of carboxylic acids is 1. The highest BCUT2D eigenvalue weighted by atomic mass is 79.9. The molecule has 0 aromatic heterocycles. The van der Waals surface area contributed by atoms with Crippen LogP contribution in [0.1, 0.15) is 5.56 Å². The molecule has 1 saturated heterocycles. The Labute approximate surface area is 96.8 Å². The van der Waals surface area contributed by atoms with E-state index in [2.05, 4.69) is 20.8 Å². The van der Waals surface area contributed by atoms with E-state index in [0.29, 0.717) is 13.1 Å². The van der Waals surface area contributed by atoms with Crippen LogP contribution in [0.3, 0.4) is 0 Å². The average Bonchev–Trinajstić information content (AvgIpc) is 2.09. The molecule has 1 heterocycles. The lowest BCUT2D eigenvalue weighted by molar-refractivity contribution is -0.142. The zero-order valence-corrected chi connectivity index (χ0v) is 9.99. The molecule has 1 aromatic carbocycles. The molecule has 0 bridgehead atoms. The van der Waals surface area contributed by atoms with Gasteiger partial charge in [0, 0.05) is 23.2 Å². The van der Waals surface area contributed by atoms with E-state index in [1.54, 1.807) is 0 Å². The molecule has 0 atom stereocenters. The molecule has 15 heavy (non-hydrogen) atoms. The van der Waals surface area contributed by atoms with E-state index >= 15 is 0 Å². The standard InChI is InChI=1S/C11H12BrNO2/c1-7-9(12)3-2-4-10(7)13-5-8(6-13)11(14)15/h2-4,8H,5-6H2,1H3,(H,14,15). The maximum Gasteiger partial charge on any atom is 0.310 e. The van der Waals surface area contributed by atoms with Gasteiger partial charge in [0.2, 0.25) is 0 Å². The molecule has 4 heteroatoms. The van der Waals surface area contributed by atoms with Gasteiger partial charge in [0.15, 0.2) is 0 Å². The van der Waals surface area contributed by atoms with Gasteiger partial charge in [0.1, 0.15) is 0 Å². The molecule has 0 unspecified atom stereocenters. The summed E-state index contributed by atoms with van der Waals surface area (Å²) in [4.78, 5) is 12.8. The highest BCUT2D eigenvalue weighted by Gasteiger charge is 2.33. The third-order valence-electron chi connectivity index (χ3n) is 2.81. The van der Waals surface area contributed by atoms with Gasteiger partial charge in [-0.25, -0.2) is 0 Å². The number of hydrogen-bond donors (Lipinski definition) is 1. The third-order valence-corrected chi connectivity index (χ3v) is 3.67. The van der Waals surface area contributed by atoms with E-state index < -0.39 is 5.97 Å². The summed E-state index contributed by atoms with van der Waals surface area (Å²) in [6, 6.07) is 5.99. The number of carboxylic acid groups (broad SMARTS) is 1. The molecule has 1 fully saturated rings. The van der Waals surface area contributed by atoms with Crippen molar-refractivity contribution in [1.82, 2.24) is 0 Å². The maximum absolute atomic E-state index is 10.7. The Balaban J connectivity index is 2.13. The first kappa shape index (κ1) is 10.5. The molecule has 0 saturated carbocycles. The number of halogens is 1. The molecule has 1 aromatic rings. The Bertz CT molecular complexity index is 400. The molecule has 0 spiro atoms. The second kappa shape index (κ2) is 3.85. The zero-order valence-electron chi connectivity index (χ0n) is 8.40. The Morgan fingerprint density at radius 1 is 1.53 bits per heavy atom. The molecular formula is C11H12BrNO2. The summed E-state index contributed by atoms with van der Waals surface area (Å²) < 4.78 is 1.07. The van der Waals surface area contributed by atoms with Crippen LogP contribution in [-0.4, -0.2) is 24.2 Å². The van der Waals surface area contributed by atoms with Crippen molar-refractivity contribution in [1.29, 1.82) is 0 Å². The van der Waals surface area contributed by atoms with Crippen molar-refractivity contribution in [2.45, 2.75) is 6.92 Å². The van der Waals surface area contributed by atoms with E-state index in [-0.39, 0.29) is 5.92 Å². The SMILES string of the molecule is Cc1c(Br)cccc1N1CC(C(=O)O)C1. The summed E-state index contributed by atoms with van der Waals surface area (Å²) >= 11 is 3.47. The van der Waals surface area contributed by atoms with Crippen LogP contribution in [0, 0.1) is 12.8 Å². The van der Waals surface area contributed by atoms with Crippen molar-refractivity contribution < 1.29 is 9.90 Å². The van der Waals surface area contributed by atoms with Gasteiger partial charge in [-0.15, -0.1) is 0 Å². The van der Waals surface area contributed by atoms with E-state index in [0.717, 1.165) is 10.2 Å². The summed E-state index contributed by atoms with van der Waals surface area (Å²) in [6.07, 6.45) is 0. The van der Waals surface area contributed by atoms with Crippen LogP contribution < -0.4 is 4.90 Å². The van der Waals surface area contributed by atoms with Crippen LogP contribution >= 0.6 is 15.9 Å². The van der Waals surface area contributed by atoms with Crippen LogP contribution in [0.25, 0.3) is 0 Å². The summed E-state index contributed by atoms with van der Waals surface area (Å²) in [5.74, 6) is -0.901. The van der Waals surface area contributed by atoms with Crippen LogP contribution in [0.2, 0.25) is 0 Å². The fraction of sp³-hybridized carbons (Fsp3) is 0.364. The second-order valence-corrected chi connectivity index (χ2v) is 4.68. The van der Waals surface area contributed by atoms with E-state index in [9.17, 15) is 4.79 Å². The number of anilines is 1. The van der Waals surface area contributed by atoms with Crippen molar-refractivity contribution >= 4 is 27.6 Å². The Morgan fingerprint density at radius 2 is 2.20 bits per heavy atom. The highest BCUT2D eigenvalue weighted by molar-refractivity contribution is 9.10. The zero-order chi connectivity index (χ0) is 11.0. The normalized spacial score (nSPS) is 16.3. The lowest BCUT2D eigenvalue weighted by Gasteiger charge is -2.39. The minimum Gasteiger partial charge on any atom is -0.481 e. The van der Waals surface area contributed by atoms with Crippen LogP contribution in [0.4, 0.5) is 5.69 Å². The molecular weight excluding hydrogens is 258 g/mol. The minimum atomic E-state index is -0.695. The van der Waals surface area contributed by atoms with E-state index in [4.69, 9.17) is 5.11 Å². The predicted molar refractivity (Wildman–Crippen MR) is 62.2 cm³/mol. The number of nitrogens with zero attached hydrogens (tertiary/aromatic N) is 1. The average molecular weight is 270 g/mol. The fourth-order valence-electron chi connectivity index (χ4n) is 1.77. The molecule has 0 amide bonds. The Hall–Kier alpha value is -1.03. The number of rotatable bonds is 2. The Morgan fingerprint density at radius 3 is 2.80 bits per heavy atom. The summed E-state index contributed by atoms with van der Waals surface area (Å²) in [7, 11) is 0. The summed E-state index contributed by atoms with van der Waals surface area (Å²) in [5, 5.41) is 8.79. The number of benzene rings is 1. The van der Waals surface area contributed by atoms with Gasteiger partial charge in [-0.1, -0.05) is 22.0 Å². The predicted octanol–water partition coefficient (Wildman–Crippen LogP) is 2.28. The van der Waals surface area contributed by atoms with Crippen molar-refractivity contribution in [3.8, 4) is 0 Å². The van der Waals surface area contributed by atoms with Gasteiger partial charge in [0.25, 0.3) is 0 Å². The van der Waals surface area contributed by atoms with Crippen molar-refractivity contribution in [3.63, 3.8) is 0 Å². The number of aliphatic carboxylic acids is 1. The molecule has 2 rings (SSSR count). The lowest BCUT2D eigenvalue weighted by Crippen LogP contribution is -2.50. The first-order valence-electron chi connectivity index (χ1n) is 4.82. The third kappa shape index (κ3) is 1.86. The molecule has 3 nitrogen and oxygen atoms in total. The van der Waals surface area contributed by atoms with Crippen molar-refractivity contribution in [2.24, 2.45) is 5.92 Å². The topological polar surface area (TPSA) is 40.5 Å². The lowest BCUT2D eigenvalue weighted by atomic mass is 9.98. The molecule has 1 aliphatic rings. The highest BCUT2D eigenvalue weighted by Crippen LogP contribution is 2.31. The number of carbonyl (C=O) groups is 1. The van der Waals surface area contributed by atoms with Crippen molar-refractivity contribution in [3.05, 3.63) is 28.2 Å². The number of hydrogen-bond acceptors (Lipinski definition) is 2.